The fourth-order valence-corrected chi connectivity index (χ4v) is 3.86. The zero-order valence-electron chi connectivity index (χ0n) is 18.4. The maximum atomic E-state index is 12.0. The van der Waals surface area contributed by atoms with Gasteiger partial charge in [0.15, 0.2) is 0 Å². The van der Waals surface area contributed by atoms with Gasteiger partial charge in [-0.05, 0) is 45.2 Å². The smallest absolute Gasteiger partial charge is 0.222 e. The van der Waals surface area contributed by atoms with Gasteiger partial charge in [0.2, 0.25) is 11.8 Å². The minimum absolute atomic E-state index is 0.00212. The molecule has 2 amide bonds. The van der Waals surface area contributed by atoms with Gasteiger partial charge >= 0.3 is 0 Å². The maximum absolute atomic E-state index is 12.0. The third kappa shape index (κ3) is 8.15. The number of hydrogen-bond donors (Lipinski definition) is 1. The highest BCUT2D eigenvalue weighted by Gasteiger charge is 2.21. The van der Waals surface area contributed by atoms with Crippen LogP contribution in [0, 0.1) is 0 Å². The van der Waals surface area contributed by atoms with E-state index in [-0.39, 0.29) is 24.0 Å². The molecule has 0 saturated carbocycles. The number of ether oxygens (including phenoxy) is 1. The normalized spacial score (nSPS) is 19.7. The molecule has 1 aromatic carbocycles. The molecule has 0 aromatic heterocycles. The van der Waals surface area contributed by atoms with Gasteiger partial charge in [0.1, 0.15) is 0 Å². The Morgan fingerprint density at radius 1 is 1.03 bits per heavy atom. The van der Waals surface area contributed by atoms with Crippen molar-refractivity contribution in [3.05, 3.63) is 35.4 Å². The second-order valence-corrected chi connectivity index (χ2v) is 7.96. The zero-order valence-corrected chi connectivity index (χ0v) is 18.4. The first-order valence-corrected chi connectivity index (χ1v) is 10.9. The van der Waals surface area contributed by atoms with E-state index < -0.39 is 0 Å². The lowest BCUT2D eigenvalue weighted by Gasteiger charge is -2.35. The first-order chi connectivity index (χ1) is 13.9. The van der Waals surface area contributed by atoms with Crippen molar-refractivity contribution in [1.82, 2.24) is 15.1 Å². The summed E-state index contributed by atoms with van der Waals surface area (Å²) in [6.45, 7) is 13.0. The summed E-state index contributed by atoms with van der Waals surface area (Å²) >= 11 is 0. The van der Waals surface area contributed by atoms with E-state index in [1.807, 2.05) is 13.8 Å². The van der Waals surface area contributed by atoms with Crippen LogP contribution in [0.5, 0.6) is 0 Å². The summed E-state index contributed by atoms with van der Waals surface area (Å²) in [6, 6.07) is 8.42. The second kappa shape index (κ2) is 11.9. The third-order valence-electron chi connectivity index (χ3n) is 5.32. The van der Waals surface area contributed by atoms with Crippen LogP contribution in [0.1, 0.15) is 58.1 Å². The largest absolute Gasteiger partial charge is 0.373 e. The van der Waals surface area contributed by atoms with Gasteiger partial charge in [0.25, 0.3) is 0 Å². The van der Waals surface area contributed by atoms with Crippen molar-refractivity contribution in [2.24, 2.45) is 0 Å². The summed E-state index contributed by atoms with van der Waals surface area (Å²) in [5.74, 6) is 0.125. The molecule has 2 atom stereocenters. The van der Waals surface area contributed by atoms with Crippen LogP contribution in [0.3, 0.4) is 0 Å². The standard InChI is InChI=1S/C23H37N3O3/c1-5-26(6-2)23(28)9-7-8-22(27)24-14-20-10-12-21(13-11-20)17-25-15-18(3)29-19(4)16-25/h10-13,18-19H,5-9,14-17H2,1-4H3,(H,24,27)/t18-,19-/m0/s1. The van der Waals surface area contributed by atoms with E-state index in [4.69, 9.17) is 4.74 Å². The van der Waals surface area contributed by atoms with Crippen molar-refractivity contribution in [3.8, 4) is 0 Å². The van der Waals surface area contributed by atoms with Gasteiger partial charge in [0, 0.05) is 52.1 Å². The van der Waals surface area contributed by atoms with E-state index in [1.54, 1.807) is 4.90 Å². The van der Waals surface area contributed by atoms with E-state index >= 15 is 0 Å². The van der Waals surface area contributed by atoms with E-state index in [9.17, 15) is 9.59 Å². The van der Waals surface area contributed by atoms with Crippen LogP contribution in [0.4, 0.5) is 0 Å². The molecule has 1 heterocycles. The summed E-state index contributed by atoms with van der Waals surface area (Å²) in [6.07, 6.45) is 1.96. The van der Waals surface area contributed by atoms with Gasteiger partial charge in [-0.2, -0.15) is 0 Å². The molecule has 6 nitrogen and oxygen atoms in total. The van der Waals surface area contributed by atoms with E-state index in [1.165, 1.54) is 5.56 Å². The number of rotatable bonds is 10. The van der Waals surface area contributed by atoms with Crippen LogP contribution >= 0.6 is 0 Å². The summed E-state index contributed by atoms with van der Waals surface area (Å²) < 4.78 is 5.79. The number of benzene rings is 1. The topological polar surface area (TPSA) is 61.9 Å². The van der Waals surface area contributed by atoms with Crippen molar-refractivity contribution in [2.75, 3.05) is 26.2 Å². The number of nitrogens with zero attached hydrogens (tertiary/aromatic N) is 2. The lowest BCUT2D eigenvalue weighted by Crippen LogP contribution is -2.44. The van der Waals surface area contributed by atoms with Crippen molar-refractivity contribution in [3.63, 3.8) is 0 Å². The molecular formula is C23H37N3O3. The van der Waals surface area contributed by atoms with Crippen LogP contribution in [0.2, 0.25) is 0 Å². The molecule has 2 rings (SSSR count). The Labute approximate surface area is 175 Å². The van der Waals surface area contributed by atoms with Crippen molar-refractivity contribution in [1.29, 1.82) is 0 Å². The highest BCUT2D eigenvalue weighted by molar-refractivity contribution is 5.78. The number of morpholine rings is 1. The predicted molar refractivity (Wildman–Crippen MR) is 115 cm³/mol. The molecule has 0 unspecified atom stereocenters. The lowest BCUT2D eigenvalue weighted by atomic mass is 10.1. The number of hydrogen-bond acceptors (Lipinski definition) is 4. The molecule has 1 fully saturated rings. The molecule has 162 valence electrons. The summed E-state index contributed by atoms with van der Waals surface area (Å²) in [5.41, 5.74) is 2.36. The quantitative estimate of drug-likeness (QED) is 0.652. The highest BCUT2D eigenvalue weighted by Crippen LogP contribution is 2.15. The first-order valence-electron chi connectivity index (χ1n) is 10.9. The minimum atomic E-state index is -0.00212. The highest BCUT2D eigenvalue weighted by atomic mass is 16.5. The Morgan fingerprint density at radius 3 is 2.21 bits per heavy atom. The summed E-state index contributed by atoms with van der Waals surface area (Å²) in [5, 5.41) is 2.95. The van der Waals surface area contributed by atoms with Crippen LogP contribution in [0.25, 0.3) is 0 Å². The summed E-state index contributed by atoms with van der Waals surface area (Å²) in [4.78, 5) is 28.2. The molecule has 0 radical (unpaired) electrons. The third-order valence-corrected chi connectivity index (χ3v) is 5.32. The molecule has 0 bridgehead atoms. The molecule has 6 heteroatoms. The number of amides is 2. The molecule has 1 aliphatic heterocycles. The van der Waals surface area contributed by atoms with Gasteiger partial charge in [-0.1, -0.05) is 24.3 Å². The van der Waals surface area contributed by atoms with Crippen LogP contribution in [0.15, 0.2) is 24.3 Å². The minimum Gasteiger partial charge on any atom is -0.373 e. The number of carbonyl (C=O) groups excluding carboxylic acids is 2. The fraction of sp³-hybridized carbons (Fsp3) is 0.652. The molecule has 1 aliphatic rings. The molecule has 1 saturated heterocycles. The molecule has 0 spiro atoms. The van der Waals surface area contributed by atoms with Crippen molar-refractivity contribution >= 4 is 11.8 Å². The van der Waals surface area contributed by atoms with Gasteiger partial charge in [0.05, 0.1) is 12.2 Å². The predicted octanol–water partition coefficient (Wildman–Crippen LogP) is 2.95. The molecule has 1 aromatic rings. The van der Waals surface area contributed by atoms with Crippen LogP contribution in [-0.2, 0) is 27.4 Å². The number of carbonyl (C=O) groups is 2. The summed E-state index contributed by atoms with van der Waals surface area (Å²) in [7, 11) is 0. The fourth-order valence-electron chi connectivity index (χ4n) is 3.86. The van der Waals surface area contributed by atoms with Gasteiger partial charge < -0.3 is 15.0 Å². The monoisotopic (exact) mass is 403 g/mol. The average Bonchev–Trinajstić information content (AvgIpc) is 2.67. The van der Waals surface area contributed by atoms with E-state index in [2.05, 4.69) is 48.3 Å². The van der Waals surface area contributed by atoms with E-state index in [0.29, 0.717) is 25.8 Å². The van der Waals surface area contributed by atoms with Crippen LogP contribution in [-0.4, -0.2) is 60.0 Å². The zero-order chi connectivity index (χ0) is 21.2. The second-order valence-electron chi connectivity index (χ2n) is 7.96. The maximum Gasteiger partial charge on any atom is 0.222 e. The SMILES string of the molecule is CCN(CC)C(=O)CCCC(=O)NCc1ccc(CN2C[C@H](C)O[C@@H](C)C2)cc1. The van der Waals surface area contributed by atoms with Gasteiger partial charge in [-0.25, -0.2) is 0 Å². The van der Waals surface area contributed by atoms with Gasteiger partial charge in [-0.3, -0.25) is 14.5 Å². The van der Waals surface area contributed by atoms with Crippen molar-refractivity contribution < 1.29 is 14.3 Å². The van der Waals surface area contributed by atoms with Gasteiger partial charge in [-0.15, -0.1) is 0 Å². The molecule has 0 aliphatic carbocycles. The van der Waals surface area contributed by atoms with E-state index in [0.717, 1.165) is 38.3 Å². The Hall–Kier alpha value is -1.92. The average molecular weight is 404 g/mol. The Bertz CT molecular complexity index is 633. The molecular weight excluding hydrogens is 366 g/mol. The van der Waals surface area contributed by atoms with Crippen molar-refractivity contribution in [2.45, 2.75) is 72.3 Å². The molecule has 29 heavy (non-hydrogen) atoms. The van der Waals surface area contributed by atoms with Crippen LogP contribution < -0.4 is 5.32 Å². The first kappa shape index (κ1) is 23.4. The molecule has 1 N–H and O–H groups in total. The Balaban J connectivity index is 1.69. The Morgan fingerprint density at radius 2 is 1.62 bits per heavy atom. The lowest BCUT2D eigenvalue weighted by molar-refractivity contribution is -0.131. The number of nitrogens with one attached hydrogen (secondary N) is 1. The Kier molecular flexibility index (Phi) is 9.61.